The van der Waals surface area contributed by atoms with Gasteiger partial charge in [-0.2, -0.15) is 0 Å². The summed E-state index contributed by atoms with van der Waals surface area (Å²) < 4.78 is 22.2. The third-order valence-electron chi connectivity index (χ3n) is 5.90. The summed E-state index contributed by atoms with van der Waals surface area (Å²) in [4.78, 5) is 26.7. The fourth-order valence-electron chi connectivity index (χ4n) is 4.37. The van der Waals surface area contributed by atoms with Crippen molar-refractivity contribution in [3.63, 3.8) is 0 Å². The van der Waals surface area contributed by atoms with E-state index in [0.717, 1.165) is 18.7 Å². The minimum absolute atomic E-state index is 0.227. The van der Waals surface area contributed by atoms with E-state index < -0.39 is 11.7 Å². The zero-order valence-corrected chi connectivity index (χ0v) is 20.5. The number of nitrogens with one attached hydrogen (secondary N) is 1. The second-order valence-corrected chi connectivity index (χ2v) is 9.54. The molecule has 8 nitrogen and oxygen atoms in total. The summed E-state index contributed by atoms with van der Waals surface area (Å²) in [5.74, 6) is 1.38. The van der Waals surface area contributed by atoms with Gasteiger partial charge in [-0.1, -0.05) is 12.1 Å². The van der Waals surface area contributed by atoms with Gasteiger partial charge in [0.25, 0.3) is 0 Å². The lowest BCUT2D eigenvalue weighted by Gasteiger charge is -2.28. The number of piperidine rings is 1. The molecule has 3 atom stereocenters. The van der Waals surface area contributed by atoms with Gasteiger partial charge in [-0.05, 0) is 64.2 Å². The number of amides is 1. The van der Waals surface area contributed by atoms with E-state index in [1.54, 1.807) is 6.92 Å². The van der Waals surface area contributed by atoms with Gasteiger partial charge in [-0.15, -0.1) is 0 Å². The molecular formula is C25H38N2O6. The number of fused-ring (bicyclic) bond motifs is 1. The Balaban J connectivity index is 1.52. The molecule has 2 fully saturated rings. The Morgan fingerprint density at radius 2 is 1.76 bits per heavy atom. The normalized spacial score (nSPS) is 22.3. The van der Waals surface area contributed by atoms with Crippen molar-refractivity contribution >= 4 is 12.1 Å². The predicted octanol–water partition coefficient (Wildman–Crippen LogP) is 3.03. The highest BCUT2D eigenvalue weighted by Gasteiger charge is 2.57. The molecule has 1 amide bonds. The van der Waals surface area contributed by atoms with Crippen LogP contribution < -0.4 is 10.1 Å². The molecule has 0 radical (unpaired) electrons. The molecule has 1 heterocycles. The van der Waals surface area contributed by atoms with Crippen LogP contribution in [0.5, 0.6) is 5.75 Å². The van der Waals surface area contributed by atoms with E-state index in [4.69, 9.17) is 18.9 Å². The van der Waals surface area contributed by atoms with Gasteiger partial charge in [-0.3, -0.25) is 0 Å². The Hall–Kier alpha value is -2.32. The molecule has 8 heteroatoms. The van der Waals surface area contributed by atoms with Crippen LogP contribution in [0.3, 0.4) is 0 Å². The molecule has 2 unspecified atom stereocenters. The molecule has 1 aromatic rings. The second kappa shape index (κ2) is 11.2. The van der Waals surface area contributed by atoms with Crippen LogP contribution in [0.1, 0.15) is 40.2 Å². The molecule has 33 heavy (non-hydrogen) atoms. The highest BCUT2D eigenvalue weighted by atomic mass is 16.6. The van der Waals surface area contributed by atoms with Crippen molar-refractivity contribution in [1.29, 1.82) is 0 Å². The minimum Gasteiger partial charge on any atom is -0.492 e. The molecule has 3 rings (SSSR count). The summed E-state index contributed by atoms with van der Waals surface area (Å²) in [6, 6.07) is 7.81. The SMILES string of the molecule is CCOC(=O)[C@H](Cc1ccc(OCCN(C(=O)OC(C)(C)C)C2C3CNCC32)cc1)OCC. The molecule has 1 saturated heterocycles. The number of nitrogens with zero attached hydrogens (tertiary/aromatic N) is 1. The third kappa shape index (κ3) is 7.08. The Labute approximate surface area is 196 Å². The van der Waals surface area contributed by atoms with E-state index in [1.165, 1.54) is 0 Å². The number of ether oxygens (including phenoxy) is 4. The molecule has 1 N–H and O–H groups in total. The number of esters is 1. The largest absolute Gasteiger partial charge is 0.492 e. The van der Waals surface area contributed by atoms with Crippen LogP contribution in [0.4, 0.5) is 4.79 Å². The maximum absolute atomic E-state index is 12.8. The molecule has 184 valence electrons. The van der Waals surface area contributed by atoms with E-state index in [2.05, 4.69) is 5.32 Å². The van der Waals surface area contributed by atoms with Crippen molar-refractivity contribution in [1.82, 2.24) is 10.2 Å². The van der Waals surface area contributed by atoms with Gasteiger partial charge < -0.3 is 29.2 Å². The Morgan fingerprint density at radius 3 is 2.33 bits per heavy atom. The highest BCUT2D eigenvalue weighted by Crippen LogP contribution is 2.46. The molecule has 0 aromatic heterocycles. The number of carbonyl (C=O) groups is 2. The van der Waals surface area contributed by atoms with Crippen LogP contribution in [0, 0.1) is 11.8 Å². The summed E-state index contributed by atoms with van der Waals surface area (Å²) in [6.07, 6.45) is -0.448. The molecule has 1 aliphatic heterocycles. The zero-order chi connectivity index (χ0) is 24.0. The summed E-state index contributed by atoms with van der Waals surface area (Å²) in [6.45, 7) is 12.8. The van der Waals surface area contributed by atoms with E-state index in [9.17, 15) is 9.59 Å². The summed E-state index contributed by atoms with van der Waals surface area (Å²) in [5, 5.41) is 3.37. The summed E-state index contributed by atoms with van der Waals surface area (Å²) >= 11 is 0. The average molecular weight is 463 g/mol. The lowest BCUT2D eigenvalue weighted by atomic mass is 10.1. The van der Waals surface area contributed by atoms with E-state index in [1.807, 2.05) is 56.9 Å². The number of benzene rings is 1. The highest BCUT2D eigenvalue weighted by molar-refractivity contribution is 5.75. The van der Waals surface area contributed by atoms with Crippen molar-refractivity contribution in [2.24, 2.45) is 11.8 Å². The topological polar surface area (TPSA) is 86.3 Å². The number of rotatable bonds is 11. The van der Waals surface area contributed by atoms with E-state index in [-0.39, 0.29) is 18.1 Å². The minimum atomic E-state index is -0.614. The van der Waals surface area contributed by atoms with Crippen LogP contribution in [0.15, 0.2) is 24.3 Å². The molecule has 1 aliphatic carbocycles. The lowest BCUT2D eigenvalue weighted by molar-refractivity contribution is -0.156. The number of hydrogen-bond acceptors (Lipinski definition) is 7. The van der Waals surface area contributed by atoms with Crippen molar-refractivity contribution < 1.29 is 28.5 Å². The zero-order valence-electron chi connectivity index (χ0n) is 20.5. The predicted molar refractivity (Wildman–Crippen MR) is 124 cm³/mol. The first kappa shape index (κ1) is 25.3. The molecule has 1 aromatic carbocycles. The summed E-state index contributed by atoms with van der Waals surface area (Å²) in [7, 11) is 0. The second-order valence-electron chi connectivity index (χ2n) is 9.54. The van der Waals surface area contributed by atoms with Crippen molar-refractivity contribution in [3.05, 3.63) is 29.8 Å². The number of hydrogen-bond donors (Lipinski definition) is 1. The number of carbonyl (C=O) groups excluding carboxylic acids is 2. The Kier molecular flexibility index (Phi) is 8.59. The Bertz CT molecular complexity index is 781. The van der Waals surface area contributed by atoms with Gasteiger partial charge >= 0.3 is 12.1 Å². The fourth-order valence-corrected chi connectivity index (χ4v) is 4.37. The molecule has 0 spiro atoms. The van der Waals surface area contributed by atoms with Crippen LogP contribution >= 0.6 is 0 Å². The monoisotopic (exact) mass is 462 g/mol. The van der Waals surface area contributed by atoms with Crippen molar-refractivity contribution in [3.8, 4) is 5.75 Å². The fraction of sp³-hybridized carbons (Fsp3) is 0.680. The van der Waals surface area contributed by atoms with Gasteiger partial charge in [0.1, 0.15) is 18.0 Å². The van der Waals surface area contributed by atoms with Crippen LogP contribution in [0.2, 0.25) is 0 Å². The van der Waals surface area contributed by atoms with Crippen molar-refractivity contribution in [2.45, 2.75) is 58.8 Å². The summed E-state index contributed by atoms with van der Waals surface area (Å²) in [5.41, 5.74) is 0.430. The first-order valence-electron chi connectivity index (χ1n) is 11.9. The first-order chi connectivity index (χ1) is 15.7. The van der Waals surface area contributed by atoms with Gasteiger partial charge in [0.15, 0.2) is 6.10 Å². The molecule has 1 saturated carbocycles. The maximum Gasteiger partial charge on any atom is 0.410 e. The molecular weight excluding hydrogens is 424 g/mol. The maximum atomic E-state index is 12.8. The van der Waals surface area contributed by atoms with E-state index in [0.29, 0.717) is 50.4 Å². The quantitative estimate of drug-likeness (QED) is 0.506. The third-order valence-corrected chi connectivity index (χ3v) is 5.90. The van der Waals surface area contributed by atoms with E-state index >= 15 is 0 Å². The van der Waals surface area contributed by atoms with Crippen molar-refractivity contribution in [2.75, 3.05) is 39.5 Å². The smallest absolute Gasteiger partial charge is 0.410 e. The standard InChI is InChI=1S/C25H38N2O6/c1-6-30-21(23(28)31-7-2)14-17-8-10-18(11-9-17)32-13-12-27(24(29)33-25(3,4)5)22-19-15-26-16-20(19)22/h8-11,19-22,26H,6-7,12-16H2,1-5H3/t19?,20?,21-,22?/m0/s1. The van der Waals surface area contributed by atoms with Gasteiger partial charge in [0, 0.05) is 32.2 Å². The molecule has 0 bridgehead atoms. The van der Waals surface area contributed by atoms with Gasteiger partial charge in [0.2, 0.25) is 0 Å². The molecule has 2 aliphatic rings. The van der Waals surface area contributed by atoms with Crippen LogP contribution in [-0.2, 0) is 25.4 Å². The average Bonchev–Trinajstić information content (AvgIpc) is 3.19. The first-order valence-corrected chi connectivity index (χ1v) is 11.9. The van der Waals surface area contributed by atoms with Gasteiger partial charge in [-0.25, -0.2) is 9.59 Å². The van der Waals surface area contributed by atoms with Gasteiger partial charge in [0.05, 0.1) is 13.2 Å². The Morgan fingerprint density at radius 1 is 1.09 bits per heavy atom. The lowest BCUT2D eigenvalue weighted by Crippen LogP contribution is -2.43. The van der Waals surface area contributed by atoms with Crippen LogP contribution in [-0.4, -0.2) is 74.2 Å². The van der Waals surface area contributed by atoms with Crippen LogP contribution in [0.25, 0.3) is 0 Å².